The fraction of sp³-hybridized carbons (Fsp3) is 0.387. The second-order valence-electron chi connectivity index (χ2n) is 10.1. The number of aliphatic imine (C=N–C) groups is 1. The number of nitrogens with zero attached hydrogens (tertiary/aromatic N) is 3. The van der Waals surface area contributed by atoms with Crippen molar-refractivity contribution >= 4 is 28.7 Å². The fourth-order valence-corrected chi connectivity index (χ4v) is 5.98. The standard InChI is InChI=1S/C31H36N4O4S/c1-5-34(6-2)30(37)28-20(3)32-31-35(24(19-40-31)17-27(36)33-23-13-14-23)29(28)22-12-15-25(26(16-22)38-4)39-18-21-10-8-7-9-11-21/h7-12,15-16,19,23,29H,5-6,13-14,17-18H2,1-4H3,(H,33,36). The number of nitrogens with one attached hydrogen (secondary N) is 1. The highest BCUT2D eigenvalue weighted by atomic mass is 32.2. The summed E-state index contributed by atoms with van der Waals surface area (Å²) in [7, 11) is 1.62. The van der Waals surface area contributed by atoms with E-state index in [0.29, 0.717) is 42.5 Å². The number of benzene rings is 2. The molecule has 1 N–H and O–H groups in total. The van der Waals surface area contributed by atoms with E-state index in [1.165, 1.54) is 11.8 Å². The van der Waals surface area contributed by atoms with Gasteiger partial charge in [-0.15, -0.1) is 0 Å². The number of carbonyl (C=O) groups excluding carboxylic acids is 2. The van der Waals surface area contributed by atoms with Gasteiger partial charge in [-0.3, -0.25) is 9.59 Å². The van der Waals surface area contributed by atoms with Crippen LogP contribution in [0.3, 0.4) is 0 Å². The lowest BCUT2D eigenvalue weighted by Gasteiger charge is -2.38. The molecule has 1 unspecified atom stereocenters. The molecule has 2 amide bonds. The summed E-state index contributed by atoms with van der Waals surface area (Å²) < 4.78 is 11.9. The molecule has 0 radical (unpaired) electrons. The predicted molar refractivity (Wildman–Crippen MR) is 158 cm³/mol. The number of ether oxygens (including phenoxy) is 2. The summed E-state index contributed by atoms with van der Waals surface area (Å²) in [5.74, 6) is 1.12. The molecule has 1 fully saturated rings. The molecule has 0 spiro atoms. The highest BCUT2D eigenvalue weighted by molar-refractivity contribution is 8.16. The topological polar surface area (TPSA) is 83.5 Å². The van der Waals surface area contributed by atoms with Gasteiger partial charge < -0.3 is 24.6 Å². The van der Waals surface area contributed by atoms with Crippen LogP contribution in [0.4, 0.5) is 0 Å². The molecule has 3 aliphatic rings. The van der Waals surface area contributed by atoms with Crippen LogP contribution in [-0.2, 0) is 16.2 Å². The van der Waals surface area contributed by atoms with Gasteiger partial charge in [-0.05, 0) is 62.3 Å². The molecule has 0 saturated heterocycles. The molecule has 40 heavy (non-hydrogen) atoms. The van der Waals surface area contributed by atoms with Crippen LogP contribution in [0, 0.1) is 0 Å². The normalized spacial score (nSPS) is 18.1. The maximum absolute atomic E-state index is 13.9. The van der Waals surface area contributed by atoms with Crippen LogP contribution in [0.15, 0.2) is 75.9 Å². The zero-order chi connectivity index (χ0) is 28.2. The third kappa shape index (κ3) is 5.89. The van der Waals surface area contributed by atoms with E-state index in [0.717, 1.165) is 34.8 Å². The summed E-state index contributed by atoms with van der Waals surface area (Å²) in [5, 5.41) is 5.82. The van der Waals surface area contributed by atoms with Crippen molar-refractivity contribution in [3.8, 4) is 11.5 Å². The van der Waals surface area contributed by atoms with Crippen LogP contribution in [0.2, 0.25) is 0 Å². The number of likely N-dealkylation sites (N-methyl/N-ethyl adjacent to an activating group) is 1. The van der Waals surface area contributed by atoms with Crippen molar-refractivity contribution in [1.82, 2.24) is 15.1 Å². The Kier molecular flexibility index (Phi) is 8.49. The largest absolute Gasteiger partial charge is 0.493 e. The predicted octanol–water partition coefficient (Wildman–Crippen LogP) is 5.39. The van der Waals surface area contributed by atoms with Gasteiger partial charge in [0.05, 0.1) is 30.8 Å². The molecule has 1 aliphatic carbocycles. The summed E-state index contributed by atoms with van der Waals surface area (Å²) in [5.41, 5.74) is 4.03. The Balaban J connectivity index is 1.51. The minimum Gasteiger partial charge on any atom is -0.493 e. The number of allylic oxidation sites excluding steroid dienone is 1. The van der Waals surface area contributed by atoms with Crippen LogP contribution >= 0.6 is 11.8 Å². The summed E-state index contributed by atoms with van der Waals surface area (Å²) in [6.07, 6.45) is 2.28. The highest BCUT2D eigenvalue weighted by Crippen LogP contribution is 2.46. The van der Waals surface area contributed by atoms with Crippen LogP contribution in [-0.4, -0.2) is 53.0 Å². The molecule has 8 nitrogen and oxygen atoms in total. The third-order valence-corrected chi connectivity index (χ3v) is 8.20. The molecular weight excluding hydrogens is 524 g/mol. The molecule has 2 aromatic carbocycles. The number of fused-ring (bicyclic) bond motifs is 1. The van der Waals surface area contributed by atoms with Crippen LogP contribution < -0.4 is 14.8 Å². The molecule has 0 bridgehead atoms. The third-order valence-electron chi connectivity index (χ3n) is 7.31. The zero-order valence-corrected chi connectivity index (χ0v) is 24.3. The van der Waals surface area contributed by atoms with E-state index in [-0.39, 0.29) is 24.3 Å². The van der Waals surface area contributed by atoms with Crippen LogP contribution in [0.25, 0.3) is 0 Å². The minimum atomic E-state index is -0.465. The second kappa shape index (κ2) is 12.2. The van der Waals surface area contributed by atoms with E-state index in [4.69, 9.17) is 14.5 Å². The fourth-order valence-electron chi connectivity index (χ4n) is 5.02. The minimum absolute atomic E-state index is 0.0144. The lowest BCUT2D eigenvalue weighted by atomic mass is 9.92. The maximum atomic E-state index is 13.9. The van der Waals surface area contributed by atoms with Crippen molar-refractivity contribution in [2.24, 2.45) is 4.99 Å². The van der Waals surface area contributed by atoms with Gasteiger partial charge >= 0.3 is 0 Å². The SMILES string of the molecule is CCN(CC)C(=O)C1=C(C)N=C2SC=C(CC(=O)NC3CC3)N2C1c1ccc(OCc2ccccc2)c(OC)c1. The maximum Gasteiger partial charge on any atom is 0.254 e. The van der Waals surface area contributed by atoms with Gasteiger partial charge in [-0.2, -0.15) is 0 Å². The van der Waals surface area contributed by atoms with Crippen molar-refractivity contribution in [2.45, 2.75) is 58.7 Å². The molecule has 1 saturated carbocycles. The summed E-state index contributed by atoms with van der Waals surface area (Å²) in [4.78, 5) is 35.4. The Hall–Kier alpha value is -3.72. The van der Waals surface area contributed by atoms with E-state index in [2.05, 4.69) is 5.32 Å². The number of methoxy groups -OCH3 is 1. The molecule has 2 heterocycles. The van der Waals surface area contributed by atoms with Gasteiger partial charge in [-0.1, -0.05) is 48.2 Å². The van der Waals surface area contributed by atoms with Crippen molar-refractivity contribution < 1.29 is 19.1 Å². The number of hydrogen-bond acceptors (Lipinski definition) is 7. The Morgan fingerprint density at radius 1 is 1.10 bits per heavy atom. The van der Waals surface area contributed by atoms with E-state index in [9.17, 15) is 9.59 Å². The first-order chi connectivity index (χ1) is 19.4. The molecule has 210 valence electrons. The van der Waals surface area contributed by atoms with Crippen molar-refractivity contribution in [3.63, 3.8) is 0 Å². The molecule has 2 aliphatic heterocycles. The van der Waals surface area contributed by atoms with Crippen LogP contribution in [0.5, 0.6) is 11.5 Å². The quantitative estimate of drug-likeness (QED) is 0.397. The molecule has 9 heteroatoms. The number of thioether (sulfide) groups is 1. The van der Waals surface area contributed by atoms with Gasteiger partial charge in [0.15, 0.2) is 16.7 Å². The Morgan fingerprint density at radius 3 is 2.52 bits per heavy atom. The second-order valence-corrected chi connectivity index (χ2v) is 10.9. The number of rotatable bonds is 11. The van der Waals surface area contributed by atoms with E-state index < -0.39 is 6.04 Å². The van der Waals surface area contributed by atoms with Crippen LogP contribution in [0.1, 0.15) is 57.2 Å². The lowest BCUT2D eigenvalue weighted by Crippen LogP contribution is -2.42. The summed E-state index contributed by atoms with van der Waals surface area (Å²) >= 11 is 1.48. The highest BCUT2D eigenvalue weighted by Gasteiger charge is 2.42. The number of amides is 2. The number of hydrogen-bond donors (Lipinski definition) is 1. The molecule has 1 atom stereocenters. The Bertz CT molecular complexity index is 1360. The van der Waals surface area contributed by atoms with Gasteiger partial charge in [-0.25, -0.2) is 4.99 Å². The molecule has 2 aromatic rings. The van der Waals surface area contributed by atoms with Crippen molar-refractivity contribution in [3.05, 3.63) is 82.0 Å². The van der Waals surface area contributed by atoms with Crippen molar-refractivity contribution in [1.29, 1.82) is 0 Å². The zero-order valence-electron chi connectivity index (χ0n) is 23.5. The van der Waals surface area contributed by atoms with E-state index in [1.807, 2.05) is 84.5 Å². The average molecular weight is 561 g/mol. The summed E-state index contributed by atoms with van der Waals surface area (Å²) in [6.45, 7) is 7.43. The van der Waals surface area contributed by atoms with Crippen molar-refractivity contribution in [2.75, 3.05) is 20.2 Å². The van der Waals surface area contributed by atoms with E-state index >= 15 is 0 Å². The van der Waals surface area contributed by atoms with Gasteiger partial charge in [0.2, 0.25) is 5.91 Å². The molecule has 5 rings (SSSR count). The first-order valence-corrected chi connectivity index (χ1v) is 14.7. The smallest absolute Gasteiger partial charge is 0.254 e. The Morgan fingerprint density at radius 2 is 1.85 bits per heavy atom. The average Bonchev–Trinajstić information content (AvgIpc) is 3.70. The van der Waals surface area contributed by atoms with Gasteiger partial charge in [0.25, 0.3) is 5.91 Å². The lowest BCUT2D eigenvalue weighted by molar-refractivity contribution is -0.127. The first kappa shape index (κ1) is 27.8. The van der Waals surface area contributed by atoms with Gasteiger partial charge in [0, 0.05) is 24.8 Å². The molecule has 0 aromatic heterocycles. The summed E-state index contributed by atoms with van der Waals surface area (Å²) in [6, 6.07) is 15.6. The van der Waals surface area contributed by atoms with E-state index in [1.54, 1.807) is 7.11 Å². The molecular formula is C31H36N4O4S. The number of carbonyl (C=O) groups is 2. The number of amidine groups is 1. The Labute approximate surface area is 240 Å². The van der Waals surface area contributed by atoms with Gasteiger partial charge in [0.1, 0.15) is 6.61 Å². The monoisotopic (exact) mass is 560 g/mol. The first-order valence-electron chi connectivity index (χ1n) is 13.8.